The molecule has 0 radical (unpaired) electrons. The third-order valence-corrected chi connectivity index (χ3v) is 4.26. The minimum atomic E-state index is -3.16. The van der Waals surface area contributed by atoms with Gasteiger partial charge in [0, 0.05) is 31.5 Å². The monoisotopic (exact) mass is 310 g/mol. The lowest BCUT2D eigenvalue weighted by atomic mass is 10.5. The Morgan fingerprint density at radius 3 is 2.71 bits per heavy atom. The SMILES string of the molecule is CCS(=O)(=O)NCCNc1cc(-n2ccnc2C)ncn1. The number of rotatable bonds is 7. The quantitative estimate of drug-likeness (QED) is 0.714. The maximum atomic E-state index is 11.3. The van der Waals surface area contributed by atoms with E-state index in [1.807, 2.05) is 17.7 Å². The van der Waals surface area contributed by atoms with Crippen LogP contribution in [0.1, 0.15) is 12.7 Å². The molecule has 2 aromatic heterocycles. The molecule has 0 atom stereocenters. The fourth-order valence-electron chi connectivity index (χ4n) is 1.69. The van der Waals surface area contributed by atoms with Crippen molar-refractivity contribution in [3.8, 4) is 5.82 Å². The summed E-state index contributed by atoms with van der Waals surface area (Å²) in [7, 11) is -3.16. The average Bonchev–Trinajstić information content (AvgIpc) is 2.90. The molecule has 2 aromatic rings. The number of nitrogens with zero attached hydrogens (tertiary/aromatic N) is 4. The molecule has 2 rings (SSSR count). The van der Waals surface area contributed by atoms with Crippen LogP contribution >= 0.6 is 0 Å². The Morgan fingerprint density at radius 1 is 1.24 bits per heavy atom. The van der Waals surface area contributed by atoms with Gasteiger partial charge in [-0.1, -0.05) is 0 Å². The highest BCUT2D eigenvalue weighted by atomic mass is 32.2. The molecule has 0 aliphatic heterocycles. The van der Waals surface area contributed by atoms with Crippen LogP contribution in [0.3, 0.4) is 0 Å². The molecule has 0 unspecified atom stereocenters. The van der Waals surface area contributed by atoms with Gasteiger partial charge in [0.25, 0.3) is 0 Å². The fraction of sp³-hybridized carbons (Fsp3) is 0.417. The predicted octanol–water partition coefficient (Wildman–Crippen LogP) is 0.322. The number of sulfonamides is 1. The van der Waals surface area contributed by atoms with E-state index in [-0.39, 0.29) is 5.75 Å². The van der Waals surface area contributed by atoms with Crippen molar-refractivity contribution < 1.29 is 8.42 Å². The molecule has 2 heterocycles. The molecule has 21 heavy (non-hydrogen) atoms. The molecular formula is C12H18N6O2S. The first-order valence-electron chi connectivity index (χ1n) is 6.55. The zero-order chi connectivity index (χ0) is 15.3. The minimum absolute atomic E-state index is 0.0740. The van der Waals surface area contributed by atoms with Gasteiger partial charge in [0.1, 0.15) is 23.8 Å². The van der Waals surface area contributed by atoms with E-state index >= 15 is 0 Å². The van der Waals surface area contributed by atoms with E-state index in [0.717, 1.165) is 5.82 Å². The highest BCUT2D eigenvalue weighted by Gasteiger charge is 2.06. The first-order valence-corrected chi connectivity index (χ1v) is 8.20. The van der Waals surface area contributed by atoms with Crippen LogP contribution in [0.15, 0.2) is 24.8 Å². The summed E-state index contributed by atoms with van der Waals surface area (Å²) in [6, 6.07) is 1.78. The molecule has 0 saturated carbocycles. The minimum Gasteiger partial charge on any atom is -0.369 e. The van der Waals surface area contributed by atoms with Crippen LogP contribution in [0.5, 0.6) is 0 Å². The van der Waals surface area contributed by atoms with Crippen molar-refractivity contribution in [2.75, 3.05) is 24.2 Å². The lowest BCUT2D eigenvalue weighted by Gasteiger charge is -2.09. The summed E-state index contributed by atoms with van der Waals surface area (Å²) in [6.45, 7) is 4.23. The Morgan fingerprint density at radius 2 is 2.05 bits per heavy atom. The third kappa shape index (κ3) is 4.23. The first-order chi connectivity index (χ1) is 10.0. The maximum absolute atomic E-state index is 11.3. The van der Waals surface area contributed by atoms with E-state index in [4.69, 9.17) is 0 Å². The number of imidazole rings is 1. The molecule has 0 aliphatic carbocycles. The summed E-state index contributed by atoms with van der Waals surface area (Å²) in [6.07, 6.45) is 4.97. The van der Waals surface area contributed by atoms with Gasteiger partial charge in [0.05, 0.1) is 5.75 Å². The van der Waals surface area contributed by atoms with Crippen LogP contribution in [-0.2, 0) is 10.0 Å². The van der Waals surface area contributed by atoms with Crippen LogP contribution in [0, 0.1) is 6.92 Å². The highest BCUT2D eigenvalue weighted by Crippen LogP contribution is 2.10. The number of nitrogens with one attached hydrogen (secondary N) is 2. The lowest BCUT2D eigenvalue weighted by molar-refractivity contribution is 0.584. The maximum Gasteiger partial charge on any atom is 0.211 e. The molecule has 0 amide bonds. The van der Waals surface area contributed by atoms with Gasteiger partial charge >= 0.3 is 0 Å². The van der Waals surface area contributed by atoms with Crippen molar-refractivity contribution in [2.45, 2.75) is 13.8 Å². The summed E-state index contributed by atoms with van der Waals surface area (Å²) in [5.41, 5.74) is 0. The Bertz CT molecular complexity index is 697. The second-order valence-electron chi connectivity index (χ2n) is 4.33. The van der Waals surface area contributed by atoms with E-state index in [1.165, 1.54) is 6.33 Å². The normalized spacial score (nSPS) is 11.5. The molecule has 2 N–H and O–H groups in total. The van der Waals surface area contributed by atoms with E-state index in [2.05, 4.69) is 25.0 Å². The predicted molar refractivity (Wildman–Crippen MR) is 79.8 cm³/mol. The van der Waals surface area contributed by atoms with Gasteiger partial charge in [-0.25, -0.2) is 28.1 Å². The van der Waals surface area contributed by atoms with E-state index < -0.39 is 10.0 Å². The number of hydrogen-bond acceptors (Lipinski definition) is 6. The Balaban J connectivity index is 1.95. The second-order valence-corrected chi connectivity index (χ2v) is 6.43. The average molecular weight is 310 g/mol. The summed E-state index contributed by atoms with van der Waals surface area (Å²) < 4.78 is 26.9. The van der Waals surface area contributed by atoms with E-state index in [0.29, 0.717) is 24.7 Å². The topological polar surface area (TPSA) is 102 Å². The molecule has 0 fully saturated rings. The standard InChI is InChI=1S/C12H18N6O2S/c1-3-21(19,20)17-5-4-14-11-8-12(16-9-15-11)18-7-6-13-10(18)2/h6-9,17H,3-5H2,1-2H3,(H,14,15,16). The van der Waals surface area contributed by atoms with Crippen molar-refractivity contribution >= 4 is 15.8 Å². The second kappa shape index (κ2) is 6.64. The zero-order valence-electron chi connectivity index (χ0n) is 11.9. The smallest absolute Gasteiger partial charge is 0.211 e. The van der Waals surface area contributed by atoms with Crippen LogP contribution in [0.25, 0.3) is 5.82 Å². The van der Waals surface area contributed by atoms with Gasteiger partial charge in [0.15, 0.2) is 0 Å². The molecule has 114 valence electrons. The first kappa shape index (κ1) is 15.4. The van der Waals surface area contributed by atoms with Gasteiger partial charge in [0.2, 0.25) is 10.0 Å². The molecule has 0 saturated heterocycles. The molecule has 9 heteroatoms. The molecule has 8 nitrogen and oxygen atoms in total. The number of anilines is 1. The molecule has 0 aliphatic rings. The summed E-state index contributed by atoms with van der Waals surface area (Å²) in [5, 5.41) is 3.05. The number of aromatic nitrogens is 4. The summed E-state index contributed by atoms with van der Waals surface area (Å²) in [4.78, 5) is 12.4. The molecular weight excluding hydrogens is 292 g/mol. The largest absolute Gasteiger partial charge is 0.369 e. The third-order valence-electron chi connectivity index (χ3n) is 2.86. The molecule has 0 spiro atoms. The summed E-state index contributed by atoms with van der Waals surface area (Å²) >= 11 is 0. The Hall–Kier alpha value is -2.00. The molecule has 0 aromatic carbocycles. The van der Waals surface area contributed by atoms with Crippen LogP contribution < -0.4 is 10.0 Å². The zero-order valence-corrected chi connectivity index (χ0v) is 12.8. The van der Waals surface area contributed by atoms with Crippen molar-refractivity contribution in [1.29, 1.82) is 0 Å². The van der Waals surface area contributed by atoms with Crippen LogP contribution in [-0.4, -0.2) is 46.8 Å². The van der Waals surface area contributed by atoms with Gasteiger partial charge in [-0.3, -0.25) is 4.57 Å². The fourth-order valence-corrected chi connectivity index (χ4v) is 2.31. The van der Waals surface area contributed by atoms with Crippen molar-refractivity contribution in [2.24, 2.45) is 0 Å². The van der Waals surface area contributed by atoms with Crippen LogP contribution in [0.4, 0.5) is 5.82 Å². The van der Waals surface area contributed by atoms with Gasteiger partial charge in [-0.2, -0.15) is 0 Å². The summed E-state index contributed by atoms with van der Waals surface area (Å²) in [5.74, 6) is 2.24. The van der Waals surface area contributed by atoms with E-state index in [9.17, 15) is 8.42 Å². The number of aryl methyl sites for hydroxylation is 1. The van der Waals surface area contributed by atoms with Gasteiger partial charge < -0.3 is 5.32 Å². The van der Waals surface area contributed by atoms with E-state index in [1.54, 1.807) is 19.2 Å². The van der Waals surface area contributed by atoms with Gasteiger partial charge in [-0.15, -0.1) is 0 Å². The van der Waals surface area contributed by atoms with Crippen LogP contribution in [0.2, 0.25) is 0 Å². The Kier molecular flexibility index (Phi) is 4.86. The van der Waals surface area contributed by atoms with Crippen molar-refractivity contribution in [1.82, 2.24) is 24.2 Å². The molecule has 0 bridgehead atoms. The Labute approximate surface area is 123 Å². The number of hydrogen-bond donors (Lipinski definition) is 2. The lowest BCUT2D eigenvalue weighted by Crippen LogP contribution is -2.30. The van der Waals surface area contributed by atoms with Crippen molar-refractivity contribution in [3.63, 3.8) is 0 Å². The highest BCUT2D eigenvalue weighted by molar-refractivity contribution is 7.89. The van der Waals surface area contributed by atoms with Gasteiger partial charge in [-0.05, 0) is 13.8 Å². The van der Waals surface area contributed by atoms with Crippen molar-refractivity contribution in [3.05, 3.63) is 30.6 Å².